The van der Waals surface area contributed by atoms with Crippen LogP contribution in [0.1, 0.15) is 27.7 Å². The van der Waals surface area contributed by atoms with E-state index in [0.717, 1.165) is 0 Å². The maximum Gasteiger partial charge on any atom is 0.254 e. The zero-order valence-electron chi connectivity index (χ0n) is 6.76. The third-order valence-corrected chi connectivity index (χ3v) is 0.901. The molecule has 0 unspecified atom stereocenters. The van der Waals surface area contributed by atoms with Crippen LogP contribution in [0.3, 0.4) is 0 Å². The van der Waals surface area contributed by atoms with Gasteiger partial charge in [-0.1, -0.05) is 20.8 Å². The number of hydrogen-bond donors (Lipinski definition) is 0. The highest BCUT2D eigenvalue weighted by atomic mass is 16.2. The SMILES string of the molecule is CC(=O)[N]C(=O)C(C)(C)C. The van der Waals surface area contributed by atoms with Crippen LogP contribution in [-0.2, 0) is 9.59 Å². The summed E-state index contributed by atoms with van der Waals surface area (Å²) in [6.45, 7) is 6.44. The second-order valence-corrected chi connectivity index (χ2v) is 3.19. The van der Waals surface area contributed by atoms with Crippen molar-refractivity contribution in [2.24, 2.45) is 5.41 Å². The fraction of sp³-hybridized carbons (Fsp3) is 0.714. The Bertz CT molecular complexity index is 155. The lowest BCUT2D eigenvalue weighted by Gasteiger charge is -2.13. The van der Waals surface area contributed by atoms with E-state index in [0.29, 0.717) is 0 Å². The monoisotopic (exact) mass is 142 g/mol. The third-order valence-electron chi connectivity index (χ3n) is 0.901. The van der Waals surface area contributed by atoms with Crippen molar-refractivity contribution in [2.45, 2.75) is 27.7 Å². The molecule has 0 aliphatic carbocycles. The average Bonchev–Trinajstić information content (AvgIpc) is 1.60. The molecule has 1 radical (unpaired) electrons. The van der Waals surface area contributed by atoms with Gasteiger partial charge in [0.15, 0.2) is 0 Å². The Morgan fingerprint density at radius 3 is 1.70 bits per heavy atom. The molecule has 0 bridgehead atoms. The van der Waals surface area contributed by atoms with Crippen molar-refractivity contribution in [1.82, 2.24) is 5.32 Å². The van der Waals surface area contributed by atoms with Gasteiger partial charge in [0.05, 0.1) is 0 Å². The Labute approximate surface area is 60.8 Å². The largest absolute Gasteiger partial charge is 0.273 e. The van der Waals surface area contributed by atoms with Crippen LogP contribution in [0.4, 0.5) is 0 Å². The van der Waals surface area contributed by atoms with Gasteiger partial charge in [-0.3, -0.25) is 9.59 Å². The Hall–Kier alpha value is -0.860. The number of imide groups is 1. The van der Waals surface area contributed by atoms with Crippen LogP contribution >= 0.6 is 0 Å². The first-order valence-corrected chi connectivity index (χ1v) is 3.11. The second kappa shape index (κ2) is 2.82. The van der Waals surface area contributed by atoms with Gasteiger partial charge >= 0.3 is 0 Å². The minimum atomic E-state index is -0.536. The maximum absolute atomic E-state index is 10.9. The van der Waals surface area contributed by atoms with Crippen molar-refractivity contribution in [3.05, 3.63) is 0 Å². The van der Waals surface area contributed by atoms with Gasteiger partial charge in [-0.15, -0.1) is 0 Å². The Morgan fingerprint density at radius 2 is 1.60 bits per heavy atom. The fourth-order valence-corrected chi connectivity index (χ4v) is 0.311. The molecule has 0 heterocycles. The molecule has 0 aromatic carbocycles. The Kier molecular flexibility index (Phi) is 2.57. The summed E-state index contributed by atoms with van der Waals surface area (Å²) in [5.41, 5.74) is -0.536. The Morgan fingerprint density at radius 1 is 1.20 bits per heavy atom. The molecule has 3 nitrogen and oxygen atoms in total. The number of hydrogen-bond acceptors (Lipinski definition) is 2. The molecule has 0 saturated heterocycles. The van der Waals surface area contributed by atoms with Crippen LogP contribution in [0.25, 0.3) is 0 Å². The van der Waals surface area contributed by atoms with Crippen LogP contribution in [0.5, 0.6) is 0 Å². The molecule has 0 atom stereocenters. The minimum Gasteiger partial charge on any atom is -0.273 e. The third kappa shape index (κ3) is 3.22. The molecule has 0 rings (SSSR count). The van der Waals surface area contributed by atoms with E-state index in [2.05, 4.69) is 5.32 Å². The van der Waals surface area contributed by atoms with Gasteiger partial charge in [0.1, 0.15) is 0 Å². The second-order valence-electron chi connectivity index (χ2n) is 3.19. The van der Waals surface area contributed by atoms with E-state index in [4.69, 9.17) is 0 Å². The lowest BCUT2D eigenvalue weighted by atomic mass is 9.96. The first-order chi connectivity index (χ1) is 4.34. The van der Waals surface area contributed by atoms with Gasteiger partial charge in [0.2, 0.25) is 5.91 Å². The highest BCUT2D eigenvalue weighted by molar-refractivity contribution is 5.96. The van der Waals surface area contributed by atoms with Crippen LogP contribution in [0.2, 0.25) is 0 Å². The summed E-state index contributed by atoms with van der Waals surface area (Å²) in [6.07, 6.45) is 0. The molecule has 0 aliphatic rings. The molecule has 0 fully saturated rings. The molecule has 0 aliphatic heterocycles. The first-order valence-electron chi connectivity index (χ1n) is 3.11. The van der Waals surface area contributed by atoms with Crippen molar-refractivity contribution in [2.75, 3.05) is 0 Å². The Balaban J connectivity index is 3.99. The highest BCUT2D eigenvalue weighted by Gasteiger charge is 2.23. The summed E-state index contributed by atoms with van der Waals surface area (Å²) in [5.74, 6) is -0.792. The summed E-state index contributed by atoms with van der Waals surface area (Å²) in [6, 6.07) is 0. The molecule has 10 heavy (non-hydrogen) atoms. The van der Waals surface area contributed by atoms with Crippen molar-refractivity contribution >= 4 is 11.8 Å². The van der Waals surface area contributed by atoms with Gasteiger partial charge in [-0.2, -0.15) is 5.32 Å². The maximum atomic E-state index is 10.9. The van der Waals surface area contributed by atoms with E-state index < -0.39 is 11.3 Å². The van der Waals surface area contributed by atoms with E-state index in [1.54, 1.807) is 20.8 Å². The van der Waals surface area contributed by atoms with Gasteiger partial charge < -0.3 is 0 Å². The predicted octanol–water partition coefficient (Wildman–Crippen LogP) is 0.710. The summed E-state index contributed by atoms with van der Waals surface area (Å²) in [5, 5.41) is 3.27. The van der Waals surface area contributed by atoms with Gasteiger partial charge in [-0.05, 0) is 0 Å². The molecular formula is C7H12NO2. The molecule has 0 saturated carbocycles. The smallest absolute Gasteiger partial charge is 0.254 e. The molecule has 57 valence electrons. The van der Waals surface area contributed by atoms with Gasteiger partial charge in [0, 0.05) is 12.3 Å². The summed E-state index contributed by atoms with van der Waals surface area (Å²) >= 11 is 0. The van der Waals surface area contributed by atoms with Crippen LogP contribution < -0.4 is 5.32 Å². The standard InChI is InChI=1S/C7H12NO2/c1-5(9)8-6(10)7(2,3)4/h1-4H3. The van der Waals surface area contributed by atoms with E-state index >= 15 is 0 Å². The summed E-state index contributed by atoms with van der Waals surface area (Å²) in [4.78, 5) is 21.2. The number of amides is 2. The van der Waals surface area contributed by atoms with Crippen molar-refractivity contribution in [3.8, 4) is 0 Å². The lowest BCUT2D eigenvalue weighted by molar-refractivity contribution is -0.134. The zero-order valence-corrected chi connectivity index (χ0v) is 6.76. The first kappa shape index (κ1) is 9.14. The molecule has 0 aromatic heterocycles. The number of carbonyl (C=O) groups is 2. The molecule has 0 spiro atoms. The zero-order chi connectivity index (χ0) is 8.36. The van der Waals surface area contributed by atoms with Crippen molar-refractivity contribution in [1.29, 1.82) is 0 Å². The van der Waals surface area contributed by atoms with E-state index in [9.17, 15) is 9.59 Å². The van der Waals surface area contributed by atoms with E-state index in [1.807, 2.05) is 0 Å². The average molecular weight is 142 g/mol. The van der Waals surface area contributed by atoms with Gasteiger partial charge in [-0.25, -0.2) is 0 Å². The molecule has 2 amide bonds. The van der Waals surface area contributed by atoms with Gasteiger partial charge in [0.25, 0.3) is 5.91 Å². The molecular weight excluding hydrogens is 130 g/mol. The fourth-order valence-electron chi connectivity index (χ4n) is 0.311. The highest BCUT2D eigenvalue weighted by Crippen LogP contribution is 2.12. The molecule has 0 N–H and O–H groups in total. The predicted molar refractivity (Wildman–Crippen MR) is 37.3 cm³/mol. The topological polar surface area (TPSA) is 48.2 Å². The summed E-state index contributed by atoms with van der Waals surface area (Å²) in [7, 11) is 0. The number of carbonyl (C=O) groups excluding carboxylic acids is 2. The van der Waals surface area contributed by atoms with Crippen LogP contribution in [-0.4, -0.2) is 11.8 Å². The lowest BCUT2D eigenvalue weighted by Crippen LogP contribution is -2.31. The van der Waals surface area contributed by atoms with E-state index in [-0.39, 0.29) is 5.91 Å². The van der Waals surface area contributed by atoms with Crippen molar-refractivity contribution in [3.63, 3.8) is 0 Å². The normalized spacial score (nSPS) is 10.8. The van der Waals surface area contributed by atoms with Crippen LogP contribution in [0, 0.1) is 5.41 Å². The van der Waals surface area contributed by atoms with Crippen LogP contribution in [0.15, 0.2) is 0 Å². The quantitative estimate of drug-likeness (QED) is 0.500. The summed E-state index contributed by atoms with van der Waals surface area (Å²) < 4.78 is 0. The molecule has 3 heteroatoms. The van der Waals surface area contributed by atoms with Crippen molar-refractivity contribution < 1.29 is 9.59 Å². The minimum absolute atomic E-state index is 0.361. The number of nitrogens with zero attached hydrogens (tertiary/aromatic N) is 1. The number of rotatable bonds is 0. The van der Waals surface area contributed by atoms with E-state index in [1.165, 1.54) is 6.92 Å². The molecule has 0 aromatic rings.